The molecular formula is C15H16BrNO. The smallest absolute Gasteiger partial charge is 0.121 e. The number of rotatable bonds is 1. The van der Waals surface area contributed by atoms with Crippen LogP contribution >= 0.6 is 15.9 Å². The molecule has 3 heteroatoms. The minimum Gasteiger partial charge on any atom is -0.465 e. The van der Waals surface area contributed by atoms with Gasteiger partial charge in [0.2, 0.25) is 0 Å². The van der Waals surface area contributed by atoms with E-state index < -0.39 is 0 Å². The molecule has 0 N–H and O–H groups in total. The predicted octanol–water partition coefficient (Wildman–Crippen LogP) is 3.93. The number of nitrogens with zero attached hydrogens (tertiary/aromatic N) is 1. The number of aryl methyl sites for hydroxylation is 1. The molecule has 3 rings (SSSR count). The van der Waals surface area contributed by atoms with Crippen LogP contribution < -0.4 is 0 Å². The van der Waals surface area contributed by atoms with Crippen LogP contribution in [-0.2, 0) is 6.54 Å². The van der Waals surface area contributed by atoms with Gasteiger partial charge in [-0.2, -0.15) is 0 Å². The first kappa shape index (κ1) is 12.0. The molecule has 2 aromatic rings. The molecule has 2 nitrogen and oxygen atoms in total. The standard InChI is InChI=1S/C15H16BrNO/c1-10-7-13-14(8-17(2)9-15(13)18-10)11-3-5-12(16)6-4-11/h3-7,14H,8-9H2,1-2H3. The Hall–Kier alpha value is -1.06. The third-order valence-electron chi connectivity index (χ3n) is 3.52. The lowest BCUT2D eigenvalue weighted by molar-refractivity contribution is 0.260. The van der Waals surface area contributed by atoms with Gasteiger partial charge in [-0.25, -0.2) is 0 Å². The maximum Gasteiger partial charge on any atom is 0.121 e. The zero-order chi connectivity index (χ0) is 12.7. The highest BCUT2D eigenvalue weighted by molar-refractivity contribution is 9.10. The first-order valence-corrected chi connectivity index (χ1v) is 6.96. The highest BCUT2D eigenvalue weighted by atomic mass is 79.9. The van der Waals surface area contributed by atoms with E-state index in [0.29, 0.717) is 5.92 Å². The number of fused-ring (bicyclic) bond motifs is 1. The molecule has 0 fully saturated rings. The van der Waals surface area contributed by atoms with Gasteiger partial charge in [0, 0.05) is 22.5 Å². The Morgan fingerprint density at radius 1 is 1.28 bits per heavy atom. The average Bonchev–Trinajstić information content (AvgIpc) is 2.69. The fraction of sp³-hybridized carbons (Fsp3) is 0.333. The molecule has 0 spiro atoms. The van der Waals surface area contributed by atoms with Gasteiger partial charge in [0.05, 0.1) is 6.54 Å². The quantitative estimate of drug-likeness (QED) is 0.794. The first-order valence-electron chi connectivity index (χ1n) is 6.16. The van der Waals surface area contributed by atoms with Crippen molar-refractivity contribution >= 4 is 15.9 Å². The highest BCUT2D eigenvalue weighted by Gasteiger charge is 2.27. The number of benzene rings is 1. The van der Waals surface area contributed by atoms with Gasteiger partial charge in [-0.1, -0.05) is 28.1 Å². The van der Waals surface area contributed by atoms with Crippen molar-refractivity contribution in [2.45, 2.75) is 19.4 Å². The van der Waals surface area contributed by atoms with Crippen molar-refractivity contribution in [3.8, 4) is 0 Å². The summed E-state index contributed by atoms with van der Waals surface area (Å²) in [5, 5.41) is 0. The molecule has 94 valence electrons. The Balaban J connectivity index is 2.04. The molecule has 1 aliphatic rings. The number of hydrogen-bond acceptors (Lipinski definition) is 2. The number of likely N-dealkylation sites (N-methyl/N-ethyl adjacent to an activating group) is 1. The van der Waals surface area contributed by atoms with Crippen LogP contribution in [-0.4, -0.2) is 18.5 Å². The molecule has 18 heavy (non-hydrogen) atoms. The van der Waals surface area contributed by atoms with Gasteiger partial charge in [-0.3, -0.25) is 4.90 Å². The van der Waals surface area contributed by atoms with Crippen LogP contribution in [0.2, 0.25) is 0 Å². The normalized spacial score (nSPS) is 19.8. The van der Waals surface area contributed by atoms with E-state index in [0.717, 1.165) is 29.1 Å². The summed E-state index contributed by atoms with van der Waals surface area (Å²) >= 11 is 3.49. The van der Waals surface area contributed by atoms with Crippen molar-refractivity contribution in [1.29, 1.82) is 0 Å². The fourth-order valence-corrected chi connectivity index (χ4v) is 2.96. The van der Waals surface area contributed by atoms with Crippen molar-refractivity contribution < 1.29 is 4.42 Å². The maximum atomic E-state index is 5.80. The monoisotopic (exact) mass is 305 g/mol. The molecule has 1 aromatic carbocycles. The van der Waals surface area contributed by atoms with Crippen molar-refractivity contribution in [3.63, 3.8) is 0 Å². The third kappa shape index (κ3) is 2.13. The van der Waals surface area contributed by atoms with Gasteiger partial charge in [0.25, 0.3) is 0 Å². The lowest BCUT2D eigenvalue weighted by Crippen LogP contribution is -2.30. The van der Waals surface area contributed by atoms with Crippen LogP contribution in [0.25, 0.3) is 0 Å². The SMILES string of the molecule is Cc1cc2c(o1)CN(C)CC2c1ccc(Br)cc1. The molecule has 0 bridgehead atoms. The molecule has 1 aromatic heterocycles. The molecule has 0 amide bonds. The van der Waals surface area contributed by atoms with Gasteiger partial charge in [-0.15, -0.1) is 0 Å². The summed E-state index contributed by atoms with van der Waals surface area (Å²) in [5.41, 5.74) is 2.71. The minimum absolute atomic E-state index is 0.421. The van der Waals surface area contributed by atoms with Crippen molar-refractivity contribution in [2.75, 3.05) is 13.6 Å². The predicted molar refractivity (Wildman–Crippen MR) is 75.8 cm³/mol. The number of hydrogen-bond donors (Lipinski definition) is 0. The summed E-state index contributed by atoms with van der Waals surface area (Å²) in [6.45, 7) is 3.99. The van der Waals surface area contributed by atoms with E-state index >= 15 is 0 Å². The van der Waals surface area contributed by atoms with Crippen molar-refractivity contribution in [1.82, 2.24) is 4.90 Å². The molecule has 1 unspecified atom stereocenters. The van der Waals surface area contributed by atoms with Crippen LogP contribution in [0.5, 0.6) is 0 Å². The van der Waals surface area contributed by atoms with Crippen molar-refractivity contribution in [3.05, 3.63) is 57.5 Å². The summed E-state index contributed by atoms with van der Waals surface area (Å²) in [6.07, 6.45) is 0. The van der Waals surface area contributed by atoms with Crippen molar-refractivity contribution in [2.24, 2.45) is 0 Å². The second-order valence-electron chi connectivity index (χ2n) is 5.04. The molecular weight excluding hydrogens is 290 g/mol. The molecule has 0 saturated heterocycles. The van der Waals surface area contributed by atoms with E-state index in [1.54, 1.807) is 0 Å². The summed E-state index contributed by atoms with van der Waals surface area (Å²) in [4.78, 5) is 2.32. The second kappa shape index (κ2) is 4.56. The largest absolute Gasteiger partial charge is 0.465 e. The summed E-state index contributed by atoms with van der Waals surface area (Å²) in [7, 11) is 2.15. The first-order chi connectivity index (χ1) is 8.63. The van der Waals surface area contributed by atoms with E-state index in [-0.39, 0.29) is 0 Å². The summed E-state index contributed by atoms with van der Waals surface area (Å²) in [5.74, 6) is 2.55. The van der Waals surface area contributed by atoms with Crippen LogP contribution in [0, 0.1) is 6.92 Å². The second-order valence-corrected chi connectivity index (χ2v) is 5.95. The van der Waals surface area contributed by atoms with E-state index in [4.69, 9.17) is 4.42 Å². The summed E-state index contributed by atoms with van der Waals surface area (Å²) in [6, 6.07) is 10.8. The molecule has 1 atom stereocenters. The maximum absolute atomic E-state index is 5.80. The van der Waals surface area contributed by atoms with Gasteiger partial charge in [0.1, 0.15) is 11.5 Å². The van der Waals surface area contributed by atoms with E-state index in [2.05, 4.69) is 58.2 Å². The highest BCUT2D eigenvalue weighted by Crippen LogP contribution is 2.35. The van der Waals surface area contributed by atoms with Crippen LogP contribution in [0.15, 0.2) is 39.2 Å². The Morgan fingerprint density at radius 2 is 2.00 bits per heavy atom. The van der Waals surface area contributed by atoms with Crippen LogP contribution in [0.4, 0.5) is 0 Å². The van der Waals surface area contributed by atoms with Gasteiger partial charge in [-0.05, 0) is 37.7 Å². The minimum atomic E-state index is 0.421. The fourth-order valence-electron chi connectivity index (χ4n) is 2.70. The molecule has 1 aliphatic heterocycles. The summed E-state index contributed by atoms with van der Waals surface area (Å²) < 4.78 is 6.92. The molecule has 0 saturated carbocycles. The third-order valence-corrected chi connectivity index (χ3v) is 4.05. The van der Waals surface area contributed by atoms with E-state index in [9.17, 15) is 0 Å². The Bertz CT molecular complexity index is 558. The lowest BCUT2D eigenvalue weighted by atomic mass is 9.88. The zero-order valence-corrected chi connectivity index (χ0v) is 12.2. The molecule has 2 heterocycles. The van der Waals surface area contributed by atoms with Crippen LogP contribution in [0.3, 0.4) is 0 Å². The Morgan fingerprint density at radius 3 is 2.72 bits per heavy atom. The Labute approximate surface area is 116 Å². The Kier molecular flexibility index (Phi) is 3.04. The van der Waals surface area contributed by atoms with Gasteiger partial charge < -0.3 is 4.42 Å². The zero-order valence-electron chi connectivity index (χ0n) is 10.6. The number of halogens is 1. The molecule has 0 aliphatic carbocycles. The lowest BCUT2D eigenvalue weighted by Gasteiger charge is -2.29. The van der Waals surface area contributed by atoms with Crippen LogP contribution in [0.1, 0.15) is 28.6 Å². The van der Waals surface area contributed by atoms with Gasteiger partial charge >= 0.3 is 0 Å². The average molecular weight is 306 g/mol. The molecule has 0 radical (unpaired) electrons. The van der Waals surface area contributed by atoms with Gasteiger partial charge in [0.15, 0.2) is 0 Å². The topological polar surface area (TPSA) is 16.4 Å². The number of furan rings is 1. The van der Waals surface area contributed by atoms with E-state index in [1.807, 2.05) is 6.92 Å². The van der Waals surface area contributed by atoms with E-state index in [1.165, 1.54) is 11.1 Å².